The number of rotatable bonds is 5. The Morgan fingerprint density at radius 1 is 1.21 bits per heavy atom. The second-order valence-electron chi connectivity index (χ2n) is 6.71. The van der Waals surface area contributed by atoms with Gasteiger partial charge in [0.15, 0.2) is 11.1 Å². The standard InChI is InChI=1S/C20H23N7S/c1-14-11-21-10-7-15(14)12-27(2)18-6-3-5-16(24-18)17-13-28-20(25-17)26-19-22-8-4-9-23-19/h3,5-7,10-11,13H,4,8-9,12H2,1-2H3,(H2,22,23,25,26). The number of nitrogens with one attached hydrogen (secondary N) is 2. The highest BCUT2D eigenvalue weighted by Gasteiger charge is 2.11. The second-order valence-corrected chi connectivity index (χ2v) is 7.57. The Morgan fingerprint density at radius 2 is 2.14 bits per heavy atom. The fourth-order valence-electron chi connectivity index (χ4n) is 2.96. The van der Waals surface area contributed by atoms with Crippen molar-refractivity contribution in [3.8, 4) is 11.4 Å². The van der Waals surface area contributed by atoms with Crippen LogP contribution in [0.4, 0.5) is 10.9 Å². The van der Waals surface area contributed by atoms with Crippen LogP contribution >= 0.6 is 11.3 Å². The monoisotopic (exact) mass is 393 g/mol. The molecule has 0 aliphatic carbocycles. The summed E-state index contributed by atoms with van der Waals surface area (Å²) in [7, 11) is 2.05. The molecule has 2 N–H and O–H groups in total. The number of hydrogen-bond donors (Lipinski definition) is 2. The summed E-state index contributed by atoms with van der Waals surface area (Å²) in [6, 6.07) is 8.08. The number of anilines is 2. The molecule has 0 saturated carbocycles. The summed E-state index contributed by atoms with van der Waals surface area (Å²) in [4.78, 5) is 20.2. The third-order valence-corrected chi connectivity index (χ3v) is 5.32. The van der Waals surface area contributed by atoms with Crippen molar-refractivity contribution in [2.45, 2.75) is 19.9 Å². The lowest BCUT2D eigenvalue weighted by Crippen LogP contribution is -2.35. The van der Waals surface area contributed by atoms with Crippen molar-refractivity contribution in [1.82, 2.24) is 20.3 Å². The second kappa shape index (κ2) is 8.35. The molecule has 4 heterocycles. The van der Waals surface area contributed by atoms with Gasteiger partial charge in [-0.25, -0.2) is 9.97 Å². The van der Waals surface area contributed by atoms with E-state index in [9.17, 15) is 0 Å². The van der Waals surface area contributed by atoms with Gasteiger partial charge in [0.2, 0.25) is 0 Å². The average Bonchev–Trinajstić information content (AvgIpc) is 3.19. The van der Waals surface area contributed by atoms with Crippen LogP contribution < -0.4 is 15.5 Å². The Morgan fingerprint density at radius 3 is 2.96 bits per heavy atom. The minimum atomic E-state index is 0.778. The number of aryl methyl sites for hydroxylation is 1. The van der Waals surface area contributed by atoms with Crippen molar-refractivity contribution >= 4 is 28.2 Å². The molecule has 1 aliphatic heterocycles. The van der Waals surface area contributed by atoms with Gasteiger partial charge in [-0.15, -0.1) is 11.3 Å². The van der Waals surface area contributed by atoms with Crippen LogP contribution in [-0.4, -0.2) is 41.0 Å². The maximum atomic E-state index is 4.81. The third-order valence-electron chi connectivity index (χ3n) is 4.56. The maximum Gasteiger partial charge on any atom is 0.197 e. The van der Waals surface area contributed by atoms with Gasteiger partial charge >= 0.3 is 0 Å². The van der Waals surface area contributed by atoms with Gasteiger partial charge in [-0.1, -0.05) is 6.07 Å². The number of guanidine groups is 1. The van der Waals surface area contributed by atoms with Gasteiger partial charge in [0.05, 0.1) is 5.69 Å². The van der Waals surface area contributed by atoms with Crippen molar-refractivity contribution in [2.75, 3.05) is 30.4 Å². The smallest absolute Gasteiger partial charge is 0.197 e. The van der Waals surface area contributed by atoms with Crippen LogP contribution in [0.25, 0.3) is 11.4 Å². The molecule has 0 unspecified atom stereocenters. The van der Waals surface area contributed by atoms with Crippen molar-refractivity contribution < 1.29 is 0 Å². The normalized spacial score (nSPS) is 13.6. The molecule has 3 aromatic rings. The molecule has 0 fully saturated rings. The Labute approximate surface area is 168 Å². The number of pyridine rings is 2. The Kier molecular flexibility index (Phi) is 5.48. The molecule has 0 bridgehead atoms. The zero-order valence-electron chi connectivity index (χ0n) is 16.0. The first kappa shape index (κ1) is 18.4. The van der Waals surface area contributed by atoms with Crippen LogP contribution in [0.5, 0.6) is 0 Å². The first-order valence-corrected chi connectivity index (χ1v) is 10.2. The molecule has 144 valence electrons. The number of hydrogen-bond acceptors (Lipinski definition) is 8. The zero-order valence-corrected chi connectivity index (χ0v) is 16.8. The highest BCUT2D eigenvalue weighted by molar-refractivity contribution is 7.14. The number of thiazole rings is 1. The van der Waals surface area contributed by atoms with Crippen LogP contribution in [0.1, 0.15) is 17.5 Å². The van der Waals surface area contributed by atoms with Crippen molar-refractivity contribution in [2.24, 2.45) is 4.99 Å². The predicted octanol–water partition coefficient (Wildman–Crippen LogP) is 3.31. The van der Waals surface area contributed by atoms with E-state index in [0.717, 1.165) is 54.4 Å². The van der Waals surface area contributed by atoms with E-state index in [0.29, 0.717) is 0 Å². The fourth-order valence-corrected chi connectivity index (χ4v) is 3.66. The van der Waals surface area contributed by atoms with Crippen molar-refractivity contribution in [3.05, 3.63) is 53.2 Å². The topological polar surface area (TPSA) is 78.3 Å². The maximum absolute atomic E-state index is 4.81. The summed E-state index contributed by atoms with van der Waals surface area (Å²) in [5, 5.41) is 9.33. The summed E-state index contributed by atoms with van der Waals surface area (Å²) in [5.41, 5.74) is 4.14. The van der Waals surface area contributed by atoms with Gasteiger partial charge in [-0.3, -0.25) is 9.98 Å². The first-order valence-electron chi connectivity index (χ1n) is 9.28. The molecule has 3 aromatic heterocycles. The van der Waals surface area contributed by atoms with E-state index in [4.69, 9.17) is 4.98 Å². The van der Waals surface area contributed by atoms with Gasteiger partial charge in [0.1, 0.15) is 11.5 Å². The quantitative estimate of drug-likeness (QED) is 0.692. The van der Waals surface area contributed by atoms with E-state index >= 15 is 0 Å². The number of aliphatic imine (C=N–C) groups is 1. The van der Waals surface area contributed by atoms with Crippen molar-refractivity contribution in [1.29, 1.82) is 0 Å². The molecule has 0 saturated heterocycles. The van der Waals surface area contributed by atoms with Gasteiger partial charge in [0.25, 0.3) is 0 Å². The summed E-state index contributed by atoms with van der Waals surface area (Å²) < 4.78 is 0. The highest BCUT2D eigenvalue weighted by atomic mass is 32.1. The lowest BCUT2D eigenvalue weighted by atomic mass is 10.1. The predicted molar refractivity (Wildman–Crippen MR) is 115 cm³/mol. The van der Waals surface area contributed by atoms with Gasteiger partial charge in [-0.05, 0) is 42.7 Å². The van der Waals surface area contributed by atoms with Gasteiger partial charge in [0, 0.05) is 44.5 Å². The lowest BCUT2D eigenvalue weighted by molar-refractivity contribution is 0.740. The van der Waals surface area contributed by atoms with Crippen LogP contribution in [0.3, 0.4) is 0 Å². The summed E-state index contributed by atoms with van der Waals surface area (Å²) in [6.07, 6.45) is 4.79. The minimum absolute atomic E-state index is 0.778. The molecule has 8 heteroatoms. The largest absolute Gasteiger partial charge is 0.356 e. The van der Waals surface area contributed by atoms with Crippen LogP contribution in [0.2, 0.25) is 0 Å². The van der Waals surface area contributed by atoms with E-state index in [1.807, 2.05) is 43.0 Å². The molecule has 28 heavy (non-hydrogen) atoms. The molecular formula is C20H23N7S. The average molecular weight is 394 g/mol. The van der Waals surface area contributed by atoms with Crippen LogP contribution in [0.15, 0.2) is 47.0 Å². The van der Waals surface area contributed by atoms with E-state index in [2.05, 4.69) is 43.5 Å². The molecule has 0 amide bonds. The summed E-state index contributed by atoms with van der Waals surface area (Å²) in [5.74, 6) is 1.70. The van der Waals surface area contributed by atoms with E-state index in [-0.39, 0.29) is 0 Å². The van der Waals surface area contributed by atoms with E-state index in [1.165, 1.54) is 11.1 Å². The SMILES string of the molecule is Cc1cnccc1CN(C)c1cccc(-c2csc(NC3=NCCCN3)n2)n1. The van der Waals surface area contributed by atoms with Gasteiger partial charge in [-0.2, -0.15) is 0 Å². The molecule has 0 radical (unpaired) electrons. The first-order chi connectivity index (χ1) is 13.7. The number of nitrogens with zero attached hydrogens (tertiary/aromatic N) is 5. The molecule has 0 atom stereocenters. The third kappa shape index (κ3) is 4.28. The minimum Gasteiger partial charge on any atom is -0.356 e. The van der Waals surface area contributed by atoms with E-state index < -0.39 is 0 Å². The Hall–Kier alpha value is -3.00. The molecule has 1 aliphatic rings. The summed E-state index contributed by atoms with van der Waals surface area (Å²) >= 11 is 1.55. The number of aromatic nitrogens is 3. The molecule has 0 aromatic carbocycles. The Balaban J connectivity index is 1.49. The fraction of sp³-hybridized carbons (Fsp3) is 0.300. The molecule has 4 rings (SSSR count). The van der Waals surface area contributed by atoms with E-state index in [1.54, 1.807) is 11.3 Å². The van der Waals surface area contributed by atoms with Crippen LogP contribution in [-0.2, 0) is 6.54 Å². The van der Waals surface area contributed by atoms with Gasteiger partial charge < -0.3 is 15.5 Å². The summed E-state index contributed by atoms with van der Waals surface area (Å²) in [6.45, 7) is 4.65. The van der Waals surface area contributed by atoms with Crippen molar-refractivity contribution in [3.63, 3.8) is 0 Å². The lowest BCUT2D eigenvalue weighted by Gasteiger charge is -2.19. The Bertz CT molecular complexity index is 982. The molecule has 0 spiro atoms. The molecular weight excluding hydrogens is 370 g/mol. The molecule has 7 nitrogen and oxygen atoms in total. The zero-order chi connectivity index (χ0) is 19.3. The highest BCUT2D eigenvalue weighted by Crippen LogP contribution is 2.25. The van der Waals surface area contributed by atoms with Crippen LogP contribution in [0, 0.1) is 6.92 Å².